The molecule has 2 heterocycles. The summed E-state index contributed by atoms with van der Waals surface area (Å²) >= 11 is 0. The average Bonchev–Trinajstić information content (AvgIpc) is 2.69. The van der Waals surface area contributed by atoms with Crippen molar-refractivity contribution in [2.75, 3.05) is 0 Å². The lowest BCUT2D eigenvalue weighted by Crippen LogP contribution is -2.20. The lowest BCUT2D eigenvalue weighted by molar-refractivity contribution is 0.572. The van der Waals surface area contributed by atoms with Crippen LogP contribution in [0.5, 0.6) is 0 Å². The van der Waals surface area contributed by atoms with Crippen molar-refractivity contribution in [3.63, 3.8) is 0 Å². The third kappa shape index (κ3) is 1.96. The van der Waals surface area contributed by atoms with Gasteiger partial charge in [-0.05, 0) is 30.3 Å². The normalized spacial score (nSPS) is 11.4. The standard InChI is InChI=1S/C22H13NO3/c24-21-19-15-10-4-5-11-16(15)22(25)26-20(19)17-12-6-7-13-18(17)23(21)14-8-2-1-3-9-14/h1-13H. The number of aromatic nitrogens is 1. The Morgan fingerprint density at radius 3 is 2.04 bits per heavy atom. The van der Waals surface area contributed by atoms with E-state index in [4.69, 9.17) is 4.42 Å². The Labute approximate surface area is 147 Å². The van der Waals surface area contributed by atoms with Crippen LogP contribution in [0.3, 0.4) is 0 Å². The van der Waals surface area contributed by atoms with Crippen LogP contribution in [0.1, 0.15) is 0 Å². The van der Waals surface area contributed by atoms with Gasteiger partial charge in [0.25, 0.3) is 5.56 Å². The lowest BCUT2D eigenvalue weighted by Gasteiger charge is -2.13. The van der Waals surface area contributed by atoms with Crippen molar-refractivity contribution < 1.29 is 4.42 Å². The zero-order chi connectivity index (χ0) is 17.7. The molecule has 0 spiro atoms. The van der Waals surface area contributed by atoms with Gasteiger partial charge in [-0.2, -0.15) is 0 Å². The average molecular weight is 339 g/mol. The Morgan fingerprint density at radius 2 is 1.27 bits per heavy atom. The van der Waals surface area contributed by atoms with E-state index in [0.29, 0.717) is 27.3 Å². The summed E-state index contributed by atoms with van der Waals surface area (Å²) in [6.07, 6.45) is 0. The summed E-state index contributed by atoms with van der Waals surface area (Å²) in [5.41, 5.74) is 1.17. The molecule has 0 aliphatic heterocycles. The van der Waals surface area contributed by atoms with Gasteiger partial charge in [0.05, 0.1) is 16.3 Å². The molecule has 3 aromatic carbocycles. The summed E-state index contributed by atoms with van der Waals surface area (Å²) in [5, 5.41) is 2.17. The van der Waals surface area contributed by atoms with Crippen molar-refractivity contribution in [2.24, 2.45) is 0 Å². The number of rotatable bonds is 1. The summed E-state index contributed by atoms with van der Waals surface area (Å²) in [5.74, 6) is 0. The van der Waals surface area contributed by atoms with Gasteiger partial charge in [-0.3, -0.25) is 9.36 Å². The largest absolute Gasteiger partial charge is 0.421 e. The van der Waals surface area contributed by atoms with Gasteiger partial charge in [0, 0.05) is 16.5 Å². The first-order chi connectivity index (χ1) is 12.8. The highest BCUT2D eigenvalue weighted by atomic mass is 16.4. The van der Waals surface area contributed by atoms with Crippen LogP contribution >= 0.6 is 0 Å². The fourth-order valence-corrected chi connectivity index (χ4v) is 3.52. The van der Waals surface area contributed by atoms with Crippen molar-refractivity contribution in [1.29, 1.82) is 0 Å². The molecule has 0 fully saturated rings. The molecule has 2 aromatic heterocycles. The first-order valence-corrected chi connectivity index (χ1v) is 8.30. The van der Waals surface area contributed by atoms with E-state index in [1.54, 1.807) is 22.8 Å². The Kier molecular flexibility index (Phi) is 3.06. The van der Waals surface area contributed by atoms with E-state index >= 15 is 0 Å². The molecular formula is C22H13NO3. The monoisotopic (exact) mass is 339 g/mol. The second-order valence-electron chi connectivity index (χ2n) is 6.13. The van der Waals surface area contributed by atoms with Crippen LogP contribution in [0, 0.1) is 0 Å². The van der Waals surface area contributed by atoms with Gasteiger partial charge in [-0.1, -0.05) is 48.5 Å². The van der Waals surface area contributed by atoms with Gasteiger partial charge < -0.3 is 4.42 Å². The predicted molar refractivity (Wildman–Crippen MR) is 103 cm³/mol. The highest BCUT2D eigenvalue weighted by Crippen LogP contribution is 2.28. The van der Waals surface area contributed by atoms with Gasteiger partial charge >= 0.3 is 5.63 Å². The molecule has 124 valence electrons. The molecule has 0 saturated heterocycles. The molecule has 4 nitrogen and oxygen atoms in total. The number of fused-ring (bicyclic) bond motifs is 5. The summed E-state index contributed by atoms with van der Waals surface area (Å²) in [4.78, 5) is 25.9. The summed E-state index contributed by atoms with van der Waals surface area (Å²) in [6.45, 7) is 0. The van der Waals surface area contributed by atoms with Crippen molar-refractivity contribution in [1.82, 2.24) is 4.57 Å². The fraction of sp³-hybridized carbons (Fsp3) is 0. The second-order valence-corrected chi connectivity index (χ2v) is 6.13. The molecule has 0 atom stereocenters. The Balaban J connectivity index is 2.14. The maximum atomic E-state index is 13.5. The molecule has 0 aliphatic rings. The van der Waals surface area contributed by atoms with E-state index < -0.39 is 5.63 Å². The number of hydrogen-bond acceptors (Lipinski definition) is 3. The zero-order valence-electron chi connectivity index (χ0n) is 13.7. The van der Waals surface area contributed by atoms with Gasteiger partial charge in [-0.15, -0.1) is 0 Å². The van der Waals surface area contributed by atoms with Crippen LogP contribution in [-0.4, -0.2) is 4.57 Å². The Hall–Kier alpha value is -3.66. The maximum absolute atomic E-state index is 13.5. The van der Waals surface area contributed by atoms with Crippen LogP contribution in [-0.2, 0) is 0 Å². The minimum atomic E-state index is -0.435. The molecule has 5 rings (SSSR count). The van der Waals surface area contributed by atoms with E-state index in [1.165, 1.54) is 0 Å². The van der Waals surface area contributed by atoms with E-state index in [-0.39, 0.29) is 5.56 Å². The highest BCUT2D eigenvalue weighted by Gasteiger charge is 2.17. The number of hydrogen-bond donors (Lipinski definition) is 0. The molecule has 0 unspecified atom stereocenters. The fourth-order valence-electron chi connectivity index (χ4n) is 3.52. The number of benzene rings is 3. The van der Waals surface area contributed by atoms with Gasteiger partial charge in [0.2, 0.25) is 0 Å². The molecule has 0 bridgehead atoms. The van der Waals surface area contributed by atoms with Gasteiger partial charge in [-0.25, -0.2) is 4.79 Å². The Bertz CT molecular complexity index is 1410. The first kappa shape index (κ1) is 14.7. The third-order valence-electron chi connectivity index (χ3n) is 4.66. The minimum Gasteiger partial charge on any atom is -0.421 e. The van der Waals surface area contributed by atoms with Crippen molar-refractivity contribution in [2.45, 2.75) is 0 Å². The molecule has 0 N–H and O–H groups in total. The minimum absolute atomic E-state index is 0.204. The summed E-state index contributed by atoms with van der Waals surface area (Å²) < 4.78 is 7.26. The predicted octanol–water partition coefficient (Wildman–Crippen LogP) is 4.25. The highest BCUT2D eigenvalue weighted by molar-refractivity contribution is 6.12. The van der Waals surface area contributed by atoms with Crippen LogP contribution in [0.4, 0.5) is 0 Å². The first-order valence-electron chi connectivity index (χ1n) is 8.30. The number of para-hydroxylation sites is 2. The molecule has 26 heavy (non-hydrogen) atoms. The molecule has 0 saturated carbocycles. The third-order valence-corrected chi connectivity index (χ3v) is 4.66. The zero-order valence-corrected chi connectivity index (χ0v) is 13.7. The van der Waals surface area contributed by atoms with Crippen LogP contribution in [0.2, 0.25) is 0 Å². The van der Waals surface area contributed by atoms with Crippen LogP contribution in [0.25, 0.3) is 38.3 Å². The second kappa shape index (κ2) is 5.43. The number of nitrogens with zero attached hydrogens (tertiary/aromatic N) is 1. The maximum Gasteiger partial charge on any atom is 0.344 e. The molecular weight excluding hydrogens is 326 g/mol. The van der Waals surface area contributed by atoms with Crippen LogP contribution < -0.4 is 11.2 Å². The SMILES string of the molecule is O=c1oc2c3ccccc3n(-c3ccccc3)c(=O)c2c2ccccc12. The van der Waals surface area contributed by atoms with Crippen molar-refractivity contribution in [3.8, 4) is 5.69 Å². The number of pyridine rings is 1. The summed E-state index contributed by atoms with van der Waals surface area (Å²) in [7, 11) is 0. The van der Waals surface area contributed by atoms with Gasteiger partial charge in [0.1, 0.15) is 0 Å². The van der Waals surface area contributed by atoms with E-state index in [1.807, 2.05) is 60.7 Å². The van der Waals surface area contributed by atoms with Crippen molar-refractivity contribution in [3.05, 3.63) is 99.6 Å². The quantitative estimate of drug-likeness (QED) is 0.429. The topological polar surface area (TPSA) is 52.2 Å². The van der Waals surface area contributed by atoms with Crippen molar-refractivity contribution >= 4 is 32.6 Å². The van der Waals surface area contributed by atoms with Crippen LogP contribution in [0.15, 0.2) is 92.9 Å². The van der Waals surface area contributed by atoms with E-state index in [2.05, 4.69) is 0 Å². The van der Waals surface area contributed by atoms with E-state index in [9.17, 15) is 9.59 Å². The molecule has 0 radical (unpaired) electrons. The van der Waals surface area contributed by atoms with E-state index in [0.717, 1.165) is 11.1 Å². The smallest absolute Gasteiger partial charge is 0.344 e. The lowest BCUT2D eigenvalue weighted by atomic mass is 10.1. The molecule has 0 amide bonds. The molecule has 0 aliphatic carbocycles. The van der Waals surface area contributed by atoms with Gasteiger partial charge in [0.15, 0.2) is 5.58 Å². The molecule has 5 aromatic rings. The Morgan fingerprint density at radius 1 is 0.654 bits per heavy atom. The summed E-state index contributed by atoms with van der Waals surface area (Å²) in [6, 6.07) is 24.0. The molecule has 4 heteroatoms.